The Kier molecular flexibility index (Phi) is 13.8. The van der Waals surface area contributed by atoms with Crippen molar-refractivity contribution >= 4 is 28.4 Å². The van der Waals surface area contributed by atoms with Crippen LogP contribution in [0.1, 0.15) is 0 Å². The molecule has 3 aromatic rings. The van der Waals surface area contributed by atoms with Crippen LogP contribution in [0.2, 0.25) is 0 Å². The molecule has 1 aliphatic heterocycles. The molecule has 13 nitrogen and oxygen atoms in total. The van der Waals surface area contributed by atoms with Crippen molar-refractivity contribution in [3.8, 4) is 11.5 Å². The van der Waals surface area contributed by atoms with E-state index in [-0.39, 0.29) is 5.69 Å². The minimum Gasteiger partial charge on any atom is -0.495 e. The molecule has 0 saturated carbocycles. The second kappa shape index (κ2) is 18.5. The Labute approximate surface area is 263 Å². The molecule has 4 rings (SSSR count). The predicted octanol–water partition coefficient (Wildman–Crippen LogP) is 5.42. The van der Waals surface area contributed by atoms with Gasteiger partial charge in [0.1, 0.15) is 11.5 Å². The highest BCUT2D eigenvalue weighted by molar-refractivity contribution is 5.64. The number of hydrogen-bond acceptors (Lipinski definition) is 12. The van der Waals surface area contributed by atoms with Crippen LogP contribution in [0.15, 0.2) is 77.0 Å². The molecule has 1 fully saturated rings. The van der Waals surface area contributed by atoms with Crippen LogP contribution in [0.4, 0.5) is 28.4 Å². The standard InChI is InChI=1S/C32H41N5O8/c1-40-31-6-4-3-5-29(31)35-13-17-42-21-23-44-19-15-36(16-20-45-24-22-43-18-14-35)30-12-9-27(25-32(30)41-2)34-33-26-7-10-28(11-8-26)37(38)39/h3-12,25H,13-24H2,1-2H3. The van der Waals surface area contributed by atoms with Gasteiger partial charge in [-0.15, -0.1) is 0 Å². The Bertz CT molecular complexity index is 1340. The van der Waals surface area contributed by atoms with Gasteiger partial charge in [-0.3, -0.25) is 10.1 Å². The molecule has 0 spiro atoms. The topological polar surface area (TPSA) is 130 Å². The number of methoxy groups -OCH3 is 2. The zero-order valence-electron chi connectivity index (χ0n) is 25.8. The third-order valence-electron chi connectivity index (χ3n) is 7.04. The van der Waals surface area contributed by atoms with Crippen LogP contribution in [-0.2, 0) is 18.9 Å². The van der Waals surface area contributed by atoms with E-state index < -0.39 is 4.92 Å². The van der Waals surface area contributed by atoms with Gasteiger partial charge in [0.15, 0.2) is 0 Å². The van der Waals surface area contributed by atoms with E-state index in [1.807, 2.05) is 36.4 Å². The van der Waals surface area contributed by atoms with Crippen molar-refractivity contribution in [3.63, 3.8) is 0 Å². The first-order valence-electron chi connectivity index (χ1n) is 14.9. The molecular weight excluding hydrogens is 582 g/mol. The lowest BCUT2D eigenvalue weighted by atomic mass is 10.2. The van der Waals surface area contributed by atoms with Gasteiger partial charge in [-0.05, 0) is 36.4 Å². The molecule has 13 heteroatoms. The summed E-state index contributed by atoms with van der Waals surface area (Å²) in [5.41, 5.74) is 2.97. The van der Waals surface area contributed by atoms with Crippen molar-refractivity contribution in [2.75, 3.05) is 103 Å². The molecule has 3 aromatic carbocycles. The Hall–Kier alpha value is -4.30. The minimum atomic E-state index is -0.453. The summed E-state index contributed by atoms with van der Waals surface area (Å²) in [7, 11) is 3.28. The molecule has 242 valence electrons. The summed E-state index contributed by atoms with van der Waals surface area (Å²) in [4.78, 5) is 14.8. The van der Waals surface area contributed by atoms with Crippen molar-refractivity contribution in [2.45, 2.75) is 0 Å². The summed E-state index contributed by atoms with van der Waals surface area (Å²) in [5.74, 6) is 1.44. The van der Waals surface area contributed by atoms with E-state index in [9.17, 15) is 10.1 Å². The molecule has 0 atom stereocenters. The summed E-state index contributed by atoms with van der Waals surface area (Å²) < 4.78 is 34.9. The maximum Gasteiger partial charge on any atom is 0.269 e. The van der Waals surface area contributed by atoms with E-state index in [4.69, 9.17) is 28.4 Å². The lowest BCUT2D eigenvalue weighted by molar-refractivity contribution is -0.384. The fourth-order valence-electron chi connectivity index (χ4n) is 4.69. The monoisotopic (exact) mass is 623 g/mol. The van der Waals surface area contributed by atoms with Gasteiger partial charge in [-0.25, -0.2) is 0 Å². The molecule has 1 heterocycles. The SMILES string of the molecule is COc1ccccc1N1CCOCCOCCN(c2ccc(N=Nc3ccc([N+](=O)[O-])cc3)cc2OC)CCOCCOCC1. The largest absolute Gasteiger partial charge is 0.495 e. The number of anilines is 2. The van der Waals surface area contributed by atoms with Gasteiger partial charge < -0.3 is 38.2 Å². The van der Waals surface area contributed by atoms with Crippen molar-refractivity contribution in [2.24, 2.45) is 10.2 Å². The number of ether oxygens (including phenoxy) is 6. The Morgan fingerprint density at radius 3 is 1.60 bits per heavy atom. The van der Waals surface area contributed by atoms with Crippen LogP contribution < -0.4 is 19.3 Å². The quantitative estimate of drug-likeness (QED) is 0.191. The van der Waals surface area contributed by atoms with Crippen molar-refractivity contribution in [1.29, 1.82) is 0 Å². The highest BCUT2D eigenvalue weighted by atomic mass is 16.6. The number of para-hydroxylation sites is 2. The molecule has 1 aliphatic rings. The molecule has 0 aliphatic carbocycles. The Balaban J connectivity index is 1.35. The van der Waals surface area contributed by atoms with Gasteiger partial charge in [0.25, 0.3) is 5.69 Å². The second-order valence-corrected chi connectivity index (χ2v) is 9.93. The van der Waals surface area contributed by atoms with E-state index in [0.717, 1.165) is 17.1 Å². The minimum absolute atomic E-state index is 0.00112. The number of non-ortho nitro benzene ring substituents is 1. The van der Waals surface area contributed by atoms with Crippen LogP contribution in [0.3, 0.4) is 0 Å². The maximum atomic E-state index is 10.9. The van der Waals surface area contributed by atoms with Gasteiger partial charge in [-0.1, -0.05) is 12.1 Å². The van der Waals surface area contributed by atoms with Gasteiger partial charge in [0.2, 0.25) is 0 Å². The number of nitrogens with zero attached hydrogens (tertiary/aromatic N) is 5. The van der Waals surface area contributed by atoms with E-state index in [0.29, 0.717) is 96.2 Å². The average molecular weight is 624 g/mol. The first kappa shape index (κ1) is 33.6. The average Bonchev–Trinajstić information content (AvgIpc) is 3.07. The maximum absolute atomic E-state index is 10.9. The Morgan fingerprint density at radius 1 is 0.622 bits per heavy atom. The third-order valence-corrected chi connectivity index (χ3v) is 7.04. The molecule has 0 aromatic heterocycles. The third kappa shape index (κ3) is 10.7. The normalized spacial score (nSPS) is 16.6. The summed E-state index contributed by atoms with van der Waals surface area (Å²) in [5, 5.41) is 19.4. The zero-order valence-corrected chi connectivity index (χ0v) is 25.8. The number of benzene rings is 3. The molecule has 45 heavy (non-hydrogen) atoms. The lowest BCUT2D eigenvalue weighted by Crippen LogP contribution is -2.33. The first-order chi connectivity index (χ1) is 22.1. The number of hydrogen-bond donors (Lipinski definition) is 0. The van der Waals surface area contributed by atoms with Crippen molar-refractivity contribution in [1.82, 2.24) is 0 Å². The van der Waals surface area contributed by atoms with Crippen molar-refractivity contribution in [3.05, 3.63) is 76.8 Å². The number of rotatable bonds is 7. The van der Waals surface area contributed by atoms with Gasteiger partial charge >= 0.3 is 0 Å². The van der Waals surface area contributed by atoms with E-state index in [1.165, 1.54) is 12.1 Å². The van der Waals surface area contributed by atoms with Crippen LogP contribution in [-0.4, -0.2) is 98.2 Å². The van der Waals surface area contributed by atoms with Crippen LogP contribution in [0.25, 0.3) is 0 Å². The van der Waals surface area contributed by atoms with E-state index >= 15 is 0 Å². The smallest absolute Gasteiger partial charge is 0.269 e. The van der Waals surface area contributed by atoms with Crippen LogP contribution in [0.5, 0.6) is 11.5 Å². The van der Waals surface area contributed by atoms with Crippen LogP contribution >= 0.6 is 0 Å². The Morgan fingerprint density at radius 2 is 1.09 bits per heavy atom. The number of nitro benzene ring substituents is 1. The zero-order chi connectivity index (χ0) is 31.7. The fourth-order valence-corrected chi connectivity index (χ4v) is 4.69. The summed E-state index contributed by atoms with van der Waals surface area (Å²) in [6, 6.07) is 19.4. The van der Waals surface area contributed by atoms with Crippen molar-refractivity contribution < 1.29 is 33.3 Å². The molecule has 0 radical (unpaired) electrons. The molecule has 0 bridgehead atoms. The predicted molar refractivity (Wildman–Crippen MR) is 171 cm³/mol. The lowest BCUT2D eigenvalue weighted by Gasteiger charge is -2.27. The molecule has 0 amide bonds. The highest BCUT2D eigenvalue weighted by Gasteiger charge is 2.15. The summed E-state index contributed by atoms with van der Waals surface area (Å²) in [6.45, 7) is 6.59. The molecule has 0 unspecified atom stereocenters. The summed E-state index contributed by atoms with van der Waals surface area (Å²) >= 11 is 0. The first-order valence-corrected chi connectivity index (χ1v) is 14.9. The van der Waals surface area contributed by atoms with Crippen LogP contribution in [0, 0.1) is 10.1 Å². The molecule has 1 saturated heterocycles. The summed E-state index contributed by atoms with van der Waals surface area (Å²) in [6.07, 6.45) is 0. The van der Waals surface area contributed by atoms with E-state index in [2.05, 4.69) is 20.0 Å². The van der Waals surface area contributed by atoms with Gasteiger partial charge in [0, 0.05) is 44.4 Å². The van der Waals surface area contributed by atoms with Gasteiger partial charge in [0.05, 0.1) is 94.7 Å². The molecular formula is C32H41N5O8. The van der Waals surface area contributed by atoms with E-state index in [1.54, 1.807) is 32.4 Å². The number of azo groups is 1. The van der Waals surface area contributed by atoms with Gasteiger partial charge in [-0.2, -0.15) is 10.2 Å². The fraction of sp³-hybridized carbons (Fsp3) is 0.438. The highest BCUT2D eigenvalue weighted by Crippen LogP contribution is 2.33. The second-order valence-electron chi connectivity index (χ2n) is 9.93. The number of nitro groups is 1. The molecule has 0 N–H and O–H groups in total.